The van der Waals surface area contributed by atoms with Crippen LogP contribution in [0.1, 0.15) is 63.4 Å². The molecule has 0 unspecified atom stereocenters. The molecule has 0 fully saturated rings. The van der Waals surface area contributed by atoms with E-state index in [9.17, 15) is 9.59 Å². The molecule has 0 radical (unpaired) electrons. The lowest BCUT2D eigenvalue weighted by Gasteiger charge is -2.33. The third-order valence-corrected chi connectivity index (χ3v) is 4.65. The van der Waals surface area contributed by atoms with Gasteiger partial charge in [0.15, 0.2) is 0 Å². The van der Waals surface area contributed by atoms with E-state index in [1.807, 2.05) is 12.1 Å². The Bertz CT molecular complexity index is 868. The lowest BCUT2D eigenvalue weighted by Crippen LogP contribution is -2.24. The fraction of sp³-hybridized carbons (Fsp3) is 0.458. The molecule has 6 heteroatoms. The minimum atomic E-state index is -0.504. The fourth-order valence-electron chi connectivity index (χ4n) is 3.65. The van der Waals surface area contributed by atoms with Crippen LogP contribution >= 0.6 is 0 Å². The van der Waals surface area contributed by atoms with E-state index in [2.05, 4.69) is 61.8 Å². The van der Waals surface area contributed by atoms with Crippen LogP contribution in [-0.4, -0.2) is 30.6 Å². The van der Waals surface area contributed by atoms with E-state index in [4.69, 9.17) is 4.74 Å². The lowest BCUT2D eigenvalue weighted by atomic mass is 9.72. The summed E-state index contributed by atoms with van der Waals surface area (Å²) >= 11 is 0. The van der Waals surface area contributed by atoms with Crippen LogP contribution in [0.15, 0.2) is 42.7 Å². The number of rotatable bonds is 8. The van der Waals surface area contributed by atoms with E-state index in [-0.39, 0.29) is 35.3 Å². The van der Waals surface area contributed by atoms with Gasteiger partial charge in [-0.2, -0.15) is 0 Å². The minimum absolute atomic E-state index is 0.0729. The zero-order chi connectivity index (χ0) is 22.4. The van der Waals surface area contributed by atoms with Crippen LogP contribution in [0.4, 0.5) is 5.69 Å². The topological polar surface area (TPSA) is 77.5 Å². The van der Waals surface area contributed by atoms with Crippen molar-refractivity contribution in [2.75, 3.05) is 19.0 Å². The zero-order valence-electron chi connectivity index (χ0n) is 18.7. The van der Waals surface area contributed by atoms with Crippen LogP contribution < -0.4 is 10.1 Å². The highest BCUT2D eigenvalue weighted by Crippen LogP contribution is 2.36. The van der Waals surface area contributed by atoms with Gasteiger partial charge in [-0.05, 0) is 41.0 Å². The maximum atomic E-state index is 12.1. The SMILES string of the molecule is COC(=O)c1cncc(NC(=O)CCOc2ccc(C(C)(C)CC(C)(C)C)cc2)c1. The third-order valence-electron chi connectivity index (χ3n) is 4.65. The summed E-state index contributed by atoms with van der Waals surface area (Å²) in [4.78, 5) is 27.6. The van der Waals surface area contributed by atoms with E-state index in [0.29, 0.717) is 5.69 Å². The van der Waals surface area contributed by atoms with Gasteiger partial charge in [-0.15, -0.1) is 0 Å². The number of hydrogen-bond acceptors (Lipinski definition) is 5. The minimum Gasteiger partial charge on any atom is -0.493 e. The highest BCUT2D eigenvalue weighted by molar-refractivity contribution is 5.94. The highest BCUT2D eigenvalue weighted by atomic mass is 16.5. The molecule has 1 amide bonds. The first-order chi connectivity index (χ1) is 14.0. The molecule has 2 aromatic rings. The molecule has 0 aliphatic carbocycles. The smallest absolute Gasteiger partial charge is 0.339 e. The van der Waals surface area contributed by atoms with Crippen molar-refractivity contribution in [2.45, 2.75) is 52.9 Å². The zero-order valence-corrected chi connectivity index (χ0v) is 18.7. The first-order valence-electron chi connectivity index (χ1n) is 10.1. The number of nitrogens with zero attached hydrogens (tertiary/aromatic N) is 1. The predicted octanol–water partition coefficient (Wildman–Crippen LogP) is 4.99. The molecule has 2 rings (SSSR count). The van der Waals surface area contributed by atoms with E-state index in [0.717, 1.165) is 12.2 Å². The van der Waals surface area contributed by atoms with Crippen LogP contribution in [0.25, 0.3) is 0 Å². The van der Waals surface area contributed by atoms with E-state index in [1.54, 1.807) is 0 Å². The summed E-state index contributed by atoms with van der Waals surface area (Å²) < 4.78 is 10.4. The molecular weight excluding hydrogens is 380 g/mol. The second-order valence-corrected chi connectivity index (χ2v) is 9.25. The second kappa shape index (κ2) is 9.74. The van der Waals surface area contributed by atoms with Gasteiger partial charge in [0.25, 0.3) is 0 Å². The Hall–Kier alpha value is -2.89. The maximum Gasteiger partial charge on any atom is 0.339 e. The van der Waals surface area contributed by atoms with Gasteiger partial charge in [-0.25, -0.2) is 4.79 Å². The predicted molar refractivity (Wildman–Crippen MR) is 118 cm³/mol. The maximum absolute atomic E-state index is 12.1. The van der Waals surface area contributed by atoms with Crippen LogP contribution in [0.5, 0.6) is 5.75 Å². The van der Waals surface area contributed by atoms with Crippen molar-refractivity contribution in [3.63, 3.8) is 0 Å². The lowest BCUT2D eigenvalue weighted by molar-refractivity contribution is -0.116. The van der Waals surface area contributed by atoms with Gasteiger partial charge in [-0.1, -0.05) is 46.8 Å². The van der Waals surface area contributed by atoms with Gasteiger partial charge < -0.3 is 14.8 Å². The molecule has 0 saturated carbocycles. The summed E-state index contributed by atoms with van der Waals surface area (Å²) in [6.07, 6.45) is 4.12. The molecule has 162 valence electrons. The molecule has 1 heterocycles. The largest absolute Gasteiger partial charge is 0.493 e. The quantitative estimate of drug-likeness (QED) is 0.618. The van der Waals surface area contributed by atoms with Crippen molar-refractivity contribution in [3.8, 4) is 5.75 Å². The number of anilines is 1. The van der Waals surface area contributed by atoms with E-state index in [1.165, 1.54) is 31.1 Å². The average molecular weight is 413 g/mol. The number of esters is 1. The molecule has 0 spiro atoms. The van der Waals surface area contributed by atoms with Gasteiger partial charge in [0.1, 0.15) is 5.75 Å². The van der Waals surface area contributed by atoms with Gasteiger partial charge in [0, 0.05) is 6.20 Å². The molecule has 0 saturated heterocycles. The number of ether oxygens (including phenoxy) is 2. The number of aromatic nitrogens is 1. The summed E-state index contributed by atoms with van der Waals surface area (Å²) in [5.74, 6) is 0.00488. The first kappa shape index (κ1) is 23.4. The van der Waals surface area contributed by atoms with Gasteiger partial charge in [-0.3, -0.25) is 9.78 Å². The standard InChI is InChI=1S/C24H32N2O4/c1-23(2,3)16-24(4,5)18-7-9-20(10-8-18)30-12-11-21(27)26-19-13-17(14-25-15-19)22(28)29-6/h7-10,13-15H,11-12,16H2,1-6H3,(H,26,27). The molecule has 1 aromatic heterocycles. The fourth-order valence-corrected chi connectivity index (χ4v) is 3.65. The number of carbonyl (C=O) groups excluding carboxylic acids is 2. The molecule has 0 aliphatic rings. The highest BCUT2D eigenvalue weighted by Gasteiger charge is 2.27. The Morgan fingerprint density at radius 2 is 1.70 bits per heavy atom. The summed E-state index contributed by atoms with van der Waals surface area (Å²) in [6, 6.07) is 9.59. The normalized spacial score (nSPS) is 11.7. The average Bonchev–Trinajstić information content (AvgIpc) is 2.66. The van der Waals surface area contributed by atoms with Crippen molar-refractivity contribution in [1.82, 2.24) is 4.98 Å². The van der Waals surface area contributed by atoms with Crippen LogP contribution in [0.2, 0.25) is 0 Å². The number of carbonyl (C=O) groups is 2. The van der Waals surface area contributed by atoms with E-state index < -0.39 is 5.97 Å². The van der Waals surface area contributed by atoms with Crippen molar-refractivity contribution in [2.24, 2.45) is 5.41 Å². The summed E-state index contributed by atoms with van der Waals surface area (Å²) in [7, 11) is 1.29. The van der Waals surface area contributed by atoms with Crippen LogP contribution in [0, 0.1) is 5.41 Å². The summed E-state index contributed by atoms with van der Waals surface area (Å²) in [5.41, 5.74) is 2.30. The number of pyridine rings is 1. The molecule has 1 aromatic carbocycles. The number of benzene rings is 1. The Morgan fingerprint density at radius 1 is 1.03 bits per heavy atom. The number of methoxy groups -OCH3 is 1. The van der Waals surface area contributed by atoms with Gasteiger partial charge in [0.05, 0.1) is 37.6 Å². The van der Waals surface area contributed by atoms with Gasteiger partial charge >= 0.3 is 5.97 Å². The first-order valence-corrected chi connectivity index (χ1v) is 10.1. The molecule has 0 atom stereocenters. The molecular formula is C24H32N2O4. The second-order valence-electron chi connectivity index (χ2n) is 9.25. The molecule has 1 N–H and O–H groups in total. The van der Waals surface area contributed by atoms with Crippen LogP contribution in [-0.2, 0) is 14.9 Å². The molecule has 0 aliphatic heterocycles. The Kier molecular flexibility index (Phi) is 7.59. The Balaban J connectivity index is 1.85. The third kappa shape index (κ3) is 7.17. The molecule has 6 nitrogen and oxygen atoms in total. The summed E-state index contributed by atoms with van der Waals surface area (Å²) in [6.45, 7) is 11.5. The number of hydrogen-bond donors (Lipinski definition) is 1. The summed E-state index contributed by atoms with van der Waals surface area (Å²) in [5, 5.41) is 2.71. The van der Waals surface area contributed by atoms with Crippen molar-refractivity contribution >= 4 is 17.6 Å². The van der Waals surface area contributed by atoms with Crippen LogP contribution in [0.3, 0.4) is 0 Å². The van der Waals surface area contributed by atoms with E-state index >= 15 is 0 Å². The Morgan fingerprint density at radius 3 is 2.30 bits per heavy atom. The van der Waals surface area contributed by atoms with Gasteiger partial charge in [0.2, 0.25) is 5.91 Å². The number of amides is 1. The monoisotopic (exact) mass is 412 g/mol. The number of nitrogens with one attached hydrogen (secondary N) is 1. The van der Waals surface area contributed by atoms with Crippen molar-refractivity contribution in [3.05, 3.63) is 53.9 Å². The molecule has 30 heavy (non-hydrogen) atoms. The Labute approximate surface area is 179 Å². The van der Waals surface area contributed by atoms with Crippen molar-refractivity contribution in [1.29, 1.82) is 0 Å². The van der Waals surface area contributed by atoms with Crippen molar-refractivity contribution < 1.29 is 19.1 Å². The molecule has 0 bridgehead atoms.